The number of rotatable bonds is 8. The third-order valence-electron chi connectivity index (χ3n) is 7.23. The van der Waals surface area contributed by atoms with E-state index in [0.29, 0.717) is 38.0 Å². The third kappa shape index (κ3) is 6.68. The van der Waals surface area contributed by atoms with Crippen molar-refractivity contribution in [1.29, 1.82) is 0 Å². The van der Waals surface area contributed by atoms with Crippen LogP contribution in [0.3, 0.4) is 0 Å². The first-order chi connectivity index (χ1) is 18.8. The number of aliphatic hydroxyl groups excluding tert-OH is 1. The van der Waals surface area contributed by atoms with Crippen LogP contribution in [-0.4, -0.2) is 52.3 Å². The number of carbonyl (C=O) groups is 1. The second-order valence-corrected chi connectivity index (χ2v) is 9.57. The van der Waals surface area contributed by atoms with Gasteiger partial charge in [-0.05, 0) is 73.6 Å². The van der Waals surface area contributed by atoms with Gasteiger partial charge >= 0.3 is 0 Å². The number of nitrogens with zero attached hydrogens (tertiary/aromatic N) is 2. The van der Waals surface area contributed by atoms with Gasteiger partial charge in [-0.15, -0.1) is 0 Å². The zero-order valence-corrected chi connectivity index (χ0v) is 21.5. The lowest BCUT2D eigenvalue weighted by Gasteiger charge is -2.38. The van der Waals surface area contributed by atoms with Crippen LogP contribution in [-0.2, 0) is 17.8 Å². The van der Waals surface area contributed by atoms with E-state index in [1.807, 2.05) is 18.2 Å². The molecule has 0 radical (unpaired) electrons. The number of fused-ring (bicyclic) bond motifs is 1. The summed E-state index contributed by atoms with van der Waals surface area (Å²) in [5, 5.41) is 20.0. The van der Waals surface area contributed by atoms with Crippen molar-refractivity contribution in [2.24, 2.45) is 5.92 Å². The Balaban J connectivity index is 1.50. The summed E-state index contributed by atoms with van der Waals surface area (Å²) in [6.45, 7) is 0.681. The number of pyridine rings is 1. The molecular weight excluding hydrogens is 511 g/mol. The number of nitrogens with one attached hydrogen (secondary N) is 1. The highest BCUT2D eigenvalue weighted by Crippen LogP contribution is 2.29. The van der Waals surface area contributed by atoms with Crippen LogP contribution in [0.2, 0.25) is 0 Å². The molecule has 0 spiro atoms. The van der Waals surface area contributed by atoms with Gasteiger partial charge < -0.3 is 9.84 Å². The molecule has 1 aliphatic rings. The normalized spacial score (nSPS) is 17.5. The van der Waals surface area contributed by atoms with E-state index in [2.05, 4.69) is 21.7 Å². The van der Waals surface area contributed by atoms with Gasteiger partial charge in [-0.1, -0.05) is 11.8 Å². The highest BCUT2D eigenvalue weighted by Gasteiger charge is 2.31. The number of halogens is 3. The first kappa shape index (κ1) is 28.4. The summed E-state index contributed by atoms with van der Waals surface area (Å²) in [6, 6.07) is 7.28. The van der Waals surface area contributed by atoms with Gasteiger partial charge in [0.1, 0.15) is 5.75 Å². The highest BCUT2D eigenvalue weighted by molar-refractivity contribution is 5.84. The predicted molar refractivity (Wildman–Crippen MR) is 138 cm³/mol. The number of likely N-dealkylation sites (tertiary alicyclic amines) is 1. The molecular formula is C29H30F3N3O4. The smallest absolute Gasteiger partial charge is 0.246 e. The Bertz CT molecular complexity index is 1380. The van der Waals surface area contributed by atoms with Crippen LogP contribution < -0.4 is 10.2 Å². The molecule has 2 atom stereocenters. The molecule has 2 heterocycles. The minimum atomic E-state index is -1.53. The average Bonchev–Trinajstić information content (AvgIpc) is 2.95. The largest absolute Gasteiger partial charge is 0.497 e. The van der Waals surface area contributed by atoms with Crippen molar-refractivity contribution >= 4 is 16.8 Å². The van der Waals surface area contributed by atoms with Gasteiger partial charge in [-0.3, -0.25) is 19.9 Å². The standard InChI is InChI=1S/C29H30F3N3O4/c1-39-22-7-8-27-24(15-22)23(20(17-36)16-33-27)6-2-5-21-14-19(29(37)34-38)9-11-35(21)10-3-4-18-12-25(30)28(32)26(31)13-18/h7-8,12-13,15-16,19,21,36,38H,2,5-6,9-11,14,17H2,1H3,(H,34,37). The lowest BCUT2D eigenvalue weighted by Crippen LogP contribution is -2.46. The van der Waals surface area contributed by atoms with E-state index in [-0.39, 0.29) is 30.7 Å². The predicted octanol–water partition coefficient (Wildman–Crippen LogP) is 4.11. The van der Waals surface area contributed by atoms with Gasteiger partial charge in [-0.2, -0.15) is 0 Å². The van der Waals surface area contributed by atoms with Gasteiger partial charge in [-0.25, -0.2) is 18.7 Å². The zero-order valence-electron chi connectivity index (χ0n) is 21.5. The average molecular weight is 542 g/mol. The summed E-state index contributed by atoms with van der Waals surface area (Å²) < 4.78 is 45.7. The number of aryl methyl sites for hydroxylation is 1. The van der Waals surface area contributed by atoms with Crippen molar-refractivity contribution in [3.8, 4) is 17.6 Å². The summed E-state index contributed by atoms with van der Waals surface area (Å²) in [7, 11) is 1.59. The van der Waals surface area contributed by atoms with Crippen LogP contribution in [0.5, 0.6) is 5.75 Å². The number of aromatic nitrogens is 1. The quantitative estimate of drug-likeness (QED) is 0.172. The first-order valence-corrected chi connectivity index (χ1v) is 12.7. The van der Waals surface area contributed by atoms with Gasteiger partial charge in [0.15, 0.2) is 17.5 Å². The molecule has 206 valence electrons. The molecule has 2 unspecified atom stereocenters. The molecule has 7 nitrogen and oxygen atoms in total. The molecule has 1 fully saturated rings. The lowest BCUT2D eigenvalue weighted by atomic mass is 9.87. The number of hydroxylamine groups is 1. The first-order valence-electron chi connectivity index (χ1n) is 12.7. The van der Waals surface area contributed by atoms with Crippen LogP contribution in [0.1, 0.15) is 42.4 Å². The highest BCUT2D eigenvalue weighted by atomic mass is 19.2. The minimum Gasteiger partial charge on any atom is -0.497 e. The topological polar surface area (TPSA) is 94.9 Å². The minimum absolute atomic E-state index is 0.0361. The fourth-order valence-corrected chi connectivity index (χ4v) is 5.15. The van der Waals surface area contributed by atoms with E-state index in [4.69, 9.17) is 9.94 Å². The molecule has 3 aromatic rings. The van der Waals surface area contributed by atoms with Crippen LogP contribution in [0.15, 0.2) is 36.5 Å². The van der Waals surface area contributed by atoms with Crippen molar-refractivity contribution in [3.63, 3.8) is 0 Å². The van der Waals surface area contributed by atoms with Crippen LogP contribution in [0, 0.1) is 35.2 Å². The number of ether oxygens (including phenoxy) is 1. The van der Waals surface area contributed by atoms with E-state index < -0.39 is 23.4 Å². The number of carbonyl (C=O) groups excluding carboxylic acids is 1. The van der Waals surface area contributed by atoms with Gasteiger partial charge in [0.25, 0.3) is 0 Å². The SMILES string of the molecule is COc1ccc2ncc(CO)c(CCCC3CC(C(=O)NO)CCN3CC#Cc3cc(F)c(F)c(F)c3)c2c1. The van der Waals surface area contributed by atoms with E-state index in [1.54, 1.807) is 18.8 Å². The maximum atomic E-state index is 13.5. The molecule has 0 bridgehead atoms. The van der Waals surface area contributed by atoms with Crippen molar-refractivity contribution in [2.45, 2.75) is 44.8 Å². The van der Waals surface area contributed by atoms with E-state index >= 15 is 0 Å². The van der Waals surface area contributed by atoms with Crippen LogP contribution in [0.4, 0.5) is 13.2 Å². The van der Waals surface area contributed by atoms with Crippen molar-refractivity contribution in [3.05, 3.63) is 70.7 Å². The van der Waals surface area contributed by atoms with E-state index in [9.17, 15) is 23.1 Å². The number of piperidine rings is 1. The Kier molecular flexibility index (Phi) is 9.41. The molecule has 1 amide bonds. The maximum absolute atomic E-state index is 13.5. The molecule has 3 N–H and O–H groups in total. The molecule has 0 saturated carbocycles. The Morgan fingerprint density at radius 1 is 1.23 bits per heavy atom. The summed E-state index contributed by atoms with van der Waals surface area (Å²) in [4.78, 5) is 18.7. The summed E-state index contributed by atoms with van der Waals surface area (Å²) >= 11 is 0. The number of hydrogen-bond donors (Lipinski definition) is 3. The van der Waals surface area contributed by atoms with Crippen molar-refractivity contribution in [2.75, 3.05) is 20.2 Å². The number of amides is 1. The molecule has 39 heavy (non-hydrogen) atoms. The van der Waals surface area contributed by atoms with E-state index in [0.717, 1.165) is 40.6 Å². The van der Waals surface area contributed by atoms with Crippen LogP contribution >= 0.6 is 0 Å². The molecule has 1 saturated heterocycles. The van der Waals surface area contributed by atoms with Crippen LogP contribution in [0.25, 0.3) is 10.9 Å². The van der Waals surface area contributed by atoms with Gasteiger partial charge in [0.2, 0.25) is 5.91 Å². The maximum Gasteiger partial charge on any atom is 0.246 e. The zero-order chi connectivity index (χ0) is 27.9. The Labute approximate surface area is 224 Å². The number of methoxy groups -OCH3 is 1. The molecule has 2 aromatic carbocycles. The van der Waals surface area contributed by atoms with Crippen molar-refractivity contribution in [1.82, 2.24) is 15.4 Å². The molecule has 10 heteroatoms. The van der Waals surface area contributed by atoms with Crippen molar-refractivity contribution < 1.29 is 33.0 Å². The summed E-state index contributed by atoms with van der Waals surface area (Å²) in [6.07, 6.45) is 4.80. The Morgan fingerprint density at radius 2 is 2.00 bits per heavy atom. The number of benzene rings is 2. The van der Waals surface area contributed by atoms with Gasteiger partial charge in [0, 0.05) is 35.7 Å². The molecule has 0 aliphatic carbocycles. The summed E-state index contributed by atoms with van der Waals surface area (Å²) in [5.41, 5.74) is 4.29. The number of hydrogen-bond acceptors (Lipinski definition) is 6. The summed E-state index contributed by atoms with van der Waals surface area (Å²) in [5.74, 6) is 1.38. The molecule has 1 aliphatic heterocycles. The third-order valence-corrected chi connectivity index (χ3v) is 7.23. The molecule has 4 rings (SSSR count). The fourth-order valence-electron chi connectivity index (χ4n) is 5.15. The Hall–Kier alpha value is -3.65. The van der Waals surface area contributed by atoms with E-state index in [1.165, 1.54) is 0 Å². The Morgan fingerprint density at radius 3 is 2.69 bits per heavy atom. The fraction of sp³-hybridized carbons (Fsp3) is 0.379. The molecule has 1 aromatic heterocycles. The lowest BCUT2D eigenvalue weighted by molar-refractivity contribution is -0.135. The second-order valence-electron chi connectivity index (χ2n) is 9.57. The van der Waals surface area contributed by atoms with Gasteiger partial charge in [0.05, 0.1) is 25.8 Å². The second kappa shape index (κ2) is 12.9. The number of aliphatic hydroxyl groups is 1. The monoisotopic (exact) mass is 541 g/mol.